The summed E-state index contributed by atoms with van der Waals surface area (Å²) in [5.41, 5.74) is 4.49. The summed E-state index contributed by atoms with van der Waals surface area (Å²) in [6.45, 7) is 5.35. The molecule has 0 aliphatic heterocycles. The number of rotatable bonds is 8. The van der Waals surface area contributed by atoms with Gasteiger partial charge in [-0.25, -0.2) is 4.79 Å². The zero-order chi connectivity index (χ0) is 22.5. The summed E-state index contributed by atoms with van der Waals surface area (Å²) in [4.78, 5) is 35.7. The van der Waals surface area contributed by atoms with Crippen LogP contribution in [0.2, 0.25) is 0 Å². The van der Waals surface area contributed by atoms with Gasteiger partial charge in [0.25, 0.3) is 0 Å². The van der Waals surface area contributed by atoms with Crippen molar-refractivity contribution in [3.05, 3.63) is 59.7 Å². The molecular formula is C24H28N2O5. The van der Waals surface area contributed by atoms with Crippen LogP contribution in [0.1, 0.15) is 44.2 Å². The summed E-state index contributed by atoms with van der Waals surface area (Å²) in [6, 6.07) is 14.7. The second-order valence-electron chi connectivity index (χ2n) is 8.15. The minimum atomic E-state index is -0.990. The van der Waals surface area contributed by atoms with Gasteiger partial charge in [-0.15, -0.1) is 0 Å². The van der Waals surface area contributed by atoms with Gasteiger partial charge in [0.1, 0.15) is 12.6 Å². The Morgan fingerprint density at radius 2 is 1.48 bits per heavy atom. The standard InChI is InChI=1S/C24H28N2O5/c1-14(2)21(12-22(27)28)26-23(29)15(3)25-24(30)31-13-20-18-10-6-4-8-16(18)17-9-5-7-11-19(17)20/h4-11,14-15,20-21H,12-13H2,1-3H3,(H,25,30)(H,26,29)(H,27,28)/t15-,21-/m0/s1. The Morgan fingerprint density at radius 3 is 2.00 bits per heavy atom. The van der Waals surface area contributed by atoms with Crippen molar-refractivity contribution in [2.75, 3.05) is 6.61 Å². The number of aliphatic carboxylic acids is 1. The molecule has 0 unspecified atom stereocenters. The summed E-state index contributed by atoms with van der Waals surface area (Å²) >= 11 is 0. The molecule has 0 radical (unpaired) electrons. The number of amides is 2. The Hall–Kier alpha value is -3.35. The Kier molecular flexibility index (Phi) is 6.95. The molecule has 7 nitrogen and oxygen atoms in total. The number of carboxylic acid groups (broad SMARTS) is 1. The average Bonchev–Trinajstić information content (AvgIpc) is 3.05. The highest BCUT2D eigenvalue weighted by molar-refractivity contribution is 5.86. The van der Waals surface area contributed by atoms with Crippen LogP contribution in [0.4, 0.5) is 4.79 Å². The number of alkyl carbamates (subject to hydrolysis) is 1. The van der Waals surface area contributed by atoms with E-state index in [0.29, 0.717) is 0 Å². The molecule has 2 atom stereocenters. The summed E-state index contributed by atoms with van der Waals surface area (Å²) in [6.07, 6.45) is -0.870. The predicted molar refractivity (Wildman–Crippen MR) is 117 cm³/mol. The Bertz CT molecular complexity index is 926. The molecule has 2 aromatic rings. The number of carbonyl (C=O) groups is 3. The minimum absolute atomic E-state index is 0.0540. The molecule has 0 fully saturated rings. The van der Waals surface area contributed by atoms with Gasteiger partial charge in [-0.2, -0.15) is 0 Å². The first-order valence-electron chi connectivity index (χ1n) is 10.4. The normalized spacial score (nSPS) is 14.3. The lowest BCUT2D eigenvalue weighted by Crippen LogP contribution is -2.50. The van der Waals surface area contributed by atoms with Gasteiger partial charge in [0.05, 0.1) is 6.42 Å². The molecule has 0 saturated heterocycles. The van der Waals surface area contributed by atoms with Gasteiger partial charge in [0, 0.05) is 12.0 Å². The van der Waals surface area contributed by atoms with Crippen LogP contribution in [0.5, 0.6) is 0 Å². The summed E-state index contributed by atoms with van der Waals surface area (Å²) < 4.78 is 5.45. The van der Waals surface area contributed by atoms with Gasteiger partial charge in [-0.05, 0) is 35.1 Å². The van der Waals surface area contributed by atoms with Gasteiger partial charge in [-0.1, -0.05) is 62.4 Å². The average molecular weight is 424 g/mol. The second kappa shape index (κ2) is 9.64. The third kappa shape index (κ3) is 5.23. The molecule has 31 heavy (non-hydrogen) atoms. The van der Waals surface area contributed by atoms with Crippen molar-refractivity contribution < 1.29 is 24.2 Å². The Balaban J connectivity index is 1.58. The van der Waals surface area contributed by atoms with Crippen molar-refractivity contribution in [3.8, 4) is 11.1 Å². The highest BCUT2D eigenvalue weighted by Crippen LogP contribution is 2.44. The molecular weight excluding hydrogens is 396 g/mol. The van der Waals surface area contributed by atoms with Crippen LogP contribution >= 0.6 is 0 Å². The lowest BCUT2D eigenvalue weighted by molar-refractivity contribution is -0.138. The van der Waals surface area contributed by atoms with Crippen LogP contribution < -0.4 is 10.6 Å². The van der Waals surface area contributed by atoms with E-state index in [4.69, 9.17) is 9.84 Å². The topological polar surface area (TPSA) is 105 Å². The maximum absolute atomic E-state index is 12.4. The fourth-order valence-electron chi connectivity index (χ4n) is 3.83. The molecule has 2 aromatic carbocycles. The lowest BCUT2D eigenvalue weighted by Gasteiger charge is -2.23. The second-order valence-corrected chi connectivity index (χ2v) is 8.15. The monoisotopic (exact) mass is 424 g/mol. The molecule has 164 valence electrons. The zero-order valence-corrected chi connectivity index (χ0v) is 17.9. The molecule has 0 spiro atoms. The highest BCUT2D eigenvalue weighted by Gasteiger charge is 2.29. The fraction of sp³-hybridized carbons (Fsp3) is 0.375. The van der Waals surface area contributed by atoms with Crippen LogP contribution in [-0.2, 0) is 14.3 Å². The molecule has 1 aliphatic rings. The first-order valence-corrected chi connectivity index (χ1v) is 10.4. The van der Waals surface area contributed by atoms with Gasteiger partial charge < -0.3 is 20.5 Å². The number of benzene rings is 2. The first kappa shape index (κ1) is 22.3. The van der Waals surface area contributed by atoms with Crippen LogP contribution in [-0.4, -0.2) is 41.8 Å². The number of fused-ring (bicyclic) bond motifs is 3. The molecule has 0 bridgehead atoms. The summed E-state index contributed by atoms with van der Waals surface area (Å²) in [5.74, 6) is -1.56. The molecule has 3 rings (SSSR count). The van der Waals surface area contributed by atoms with E-state index in [1.807, 2.05) is 50.2 Å². The van der Waals surface area contributed by atoms with Gasteiger partial charge in [0.15, 0.2) is 0 Å². The lowest BCUT2D eigenvalue weighted by atomic mass is 9.98. The number of hydrogen-bond acceptors (Lipinski definition) is 4. The van der Waals surface area contributed by atoms with Crippen LogP contribution in [0.3, 0.4) is 0 Å². The molecule has 0 saturated carbocycles. The third-order valence-electron chi connectivity index (χ3n) is 5.60. The molecule has 0 aromatic heterocycles. The smallest absolute Gasteiger partial charge is 0.407 e. The number of ether oxygens (including phenoxy) is 1. The number of carbonyl (C=O) groups excluding carboxylic acids is 2. The van der Waals surface area contributed by atoms with E-state index in [9.17, 15) is 14.4 Å². The van der Waals surface area contributed by atoms with Crippen molar-refractivity contribution in [3.63, 3.8) is 0 Å². The maximum atomic E-state index is 12.4. The van der Waals surface area contributed by atoms with E-state index in [1.54, 1.807) is 0 Å². The molecule has 7 heteroatoms. The predicted octanol–water partition coefficient (Wildman–Crippen LogP) is 3.53. The van der Waals surface area contributed by atoms with E-state index < -0.39 is 30.1 Å². The van der Waals surface area contributed by atoms with Gasteiger partial charge in [0.2, 0.25) is 5.91 Å². The summed E-state index contributed by atoms with van der Waals surface area (Å²) in [7, 11) is 0. The van der Waals surface area contributed by atoms with E-state index in [0.717, 1.165) is 22.3 Å². The van der Waals surface area contributed by atoms with Gasteiger partial charge in [-0.3, -0.25) is 9.59 Å². The number of hydrogen-bond donors (Lipinski definition) is 3. The van der Waals surface area contributed by atoms with Crippen molar-refractivity contribution in [2.24, 2.45) is 5.92 Å². The zero-order valence-electron chi connectivity index (χ0n) is 17.9. The molecule has 0 heterocycles. The largest absolute Gasteiger partial charge is 0.481 e. The SMILES string of the molecule is CC(C)[C@H](CC(=O)O)NC(=O)[C@H](C)NC(=O)OCC1c2ccccc2-c2ccccc21. The van der Waals surface area contributed by atoms with Crippen molar-refractivity contribution in [2.45, 2.75) is 45.2 Å². The minimum Gasteiger partial charge on any atom is -0.481 e. The molecule has 2 amide bonds. The van der Waals surface area contributed by atoms with Crippen molar-refractivity contribution in [1.29, 1.82) is 0 Å². The number of nitrogens with one attached hydrogen (secondary N) is 2. The van der Waals surface area contributed by atoms with Crippen molar-refractivity contribution in [1.82, 2.24) is 10.6 Å². The van der Waals surface area contributed by atoms with E-state index in [2.05, 4.69) is 22.8 Å². The van der Waals surface area contributed by atoms with Crippen LogP contribution in [0.15, 0.2) is 48.5 Å². The quantitative estimate of drug-likeness (QED) is 0.601. The van der Waals surface area contributed by atoms with E-state index >= 15 is 0 Å². The fourth-order valence-corrected chi connectivity index (χ4v) is 3.83. The van der Waals surface area contributed by atoms with Crippen molar-refractivity contribution >= 4 is 18.0 Å². The Morgan fingerprint density at radius 1 is 0.935 bits per heavy atom. The molecule has 3 N–H and O–H groups in total. The van der Waals surface area contributed by atoms with E-state index in [-0.39, 0.29) is 24.9 Å². The molecule has 1 aliphatic carbocycles. The summed E-state index contributed by atoms with van der Waals surface area (Å²) in [5, 5.41) is 14.2. The Labute approximate surface area is 181 Å². The van der Waals surface area contributed by atoms with E-state index in [1.165, 1.54) is 6.92 Å². The maximum Gasteiger partial charge on any atom is 0.407 e. The van der Waals surface area contributed by atoms with Crippen LogP contribution in [0.25, 0.3) is 11.1 Å². The highest BCUT2D eigenvalue weighted by atomic mass is 16.5. The van der Waals surface area contributed by atoms with Crippen LogP contribution in [0, 0.1) is 5.92 Å². The van der Waals surface area contributed by atoms with Gasteiger partial charge >= 0.3 is 12.1 Å². The third-order valence-corrected chi connectivity index (χ3v) is 5.60. The first-order chi connectivity index (χ1) is 14.8. The number of carboxylic acids is 1.